The number of hydrogen-bond acceptors (Lipinski definition) is 3. The predicted octanol–water partition coefficient (Wildman–Crippen LogP) is 20.6. The molecule has 0 saturated carbocycles. The highest BCUT2D eigenvalue weighted by Crippen LogP contribution is 2.54. The second-order valence-electron chi connectivity index (χ2n) is 24.5. The molecule has 1 aliphatic heterocycles. The first-order chi connectivity index (χ1) is 41.2. The zero-order valence-corrected chi connectivity index (χ0v) is 47.9. The summed E-state index contributed by atoms with van der Waals surface area (Å²) in [6.07, 6.45) is 19.5. The lowest BCUT2D eigenvalue weighted by atomic mass is 9.81. The molecule has 4 heteroatoms. The van der Waals surface area contributed by atoms with Crippen LogP contribution in [0, 0.1) is 11.8 Å². The van der Waals surface area contributed by atoms with Gasteiger partial charge in [-0.15, -0.1) is 0 Å². The molecular weight excluding hydrogens is 1020 g/mol. The standard InChI is InChI=1S/C80H64N4/c1-79(2)71-27-15-11-23-63(71)65-45-41-61(51-73(65)79)81(59-43-47-77-69(49-59)67-25-13-17-29-75(67)83(77)55-19-7-5-8-20-55)57-37-33-53(34-38-57)31-32-54-35-39-58(40-36-54)82(62-42-46-66-64-24-12-16-28-72(64)80(3,4)74(66)52-62)60-44-48-78-70(50-60)68-26-14-18-30-76(68)84(78)56-21-9-6-10-22-56/h5-49,51-52,68,70,76H,50H2,1-4H3/b32-31+. The fourth-order valence-corrected chi connectivity index (χ4v) is 15.0. The minimum Gasteiger partial charge on any atom is -0.337 e. The third-order valence-electron chi connectivity index (χ3n) is 19.1. The van der Waals surface area contributed by atoms with Crippen molar-refractivity contribution < 1.29 is 0 Å². The minimum absolute atomic E-state index is 0.118. The molecule has 1 aromatic heterocycles. The fourth-order valence-electron chi connectivity index (χ4n) is 15.0. The smallest absolute Gasteiger partial charge is 0.0591 e. The van der Waals surface area contributed by atoms with Crippen molar-refractivity contribution in [1.82, 2.24) is 4.57 Å². The van der Waals surface area contributed by atoms with Gasteiger partial charge in [-0.25, -0.2) is 0 Å². The Hall–Kier alpha value is -9.90. The maximum atomic E-state index is 2.58. The van der Waals surface area contributed by atoms with Crippen LogP contribution in [-0.2, 0) is 10.8 Å². The maximum Gasteiger partial charge on any atom is 0.0591 e. The summed E-state index contributed by atoms with van der Waals surface area (Å²) in [4.78, 5) is 7.55. The maximum absolute atomic E-state index is 2.58. The molecule has 4 aliphatic carbocycles. The van der Waals surface area contributed by atoms with E-state index in [-0.39, 0.29) is 16.9 Å². The van der Waals surface area contributed by atoms with Gasteiger partial charge in [0.15, 0.2) is 0 Å². The van der Waals surface area contributed by atoms with Gasteiger partial charge in [0.1, 0.15) is 0 Å². The molecule has 0 radical (unpaired) electrons. The second-order valence-corrected chi connectivity index (χ2v) is 24.5. The lowest BCUT2D eigenvalue weighted by Crippen LogP contribution is -2.30. The molecule has 84 heavy (non-hydrogen) atoms. The monoisotopic (exact) mass is 1080 g/mol. The molecule has 5 aliphatic rings. The molecule has 11 aromatic rings. The molecule has 404 valence electrons. The van der Waals surface area contributed by atoms with E-state index >= 15 is 0 Å². The summed E-state index contributed by atoms with van der Waals surface area (Å²) in [5.74, 6) is 0.712. The third kappa shape index (κ3) is 7.88. The largest absolute Gasteiger partial charge is 0.337 e. The van der Waals surface area contributed by atoms with Crippen LogP contribution in [0.3, 0.4) is 0 Å². The Morgan fingerprint density at radius 3 is 1.54 bits per heavy atom. The first-order valence-electron chi connectivity index (χ1n) is 29.8. The van der Waals surface area contributed by atoms with E-state index in [0.717, 1.165) is 46.0 Å². The molecule has 10 aromatic carbocycles. The number of benzene rings is 10. The van der Waals surface area contributed by atoms with Crippen LogP contribution in [0.2, 0.25) is 0 Å². The van der Waals surface area contributed by atoms with Crippen molar-refractivity contribution in [3.8, 4) is 27.9 Å². The average Bonchev–Trinajstić information content (AvgIpc) is 2.71. The quantitative estimate of drug-likeness (QED) is 0.127. The van der Waals surface area contributed by atoms with E-state index in [2.05, 4.69) is 332 Å². The van der Waals surface area contributed by atoms with Gasteiger partial charge in [-0.1, -0.05) is 204 Å². The van der Waals surface area contributed by atoms with Crippen LogP contribution >= 0.6 is 0 Å². The van der Waals surface area contributed by atoms with Crippen molar-refractivity contribution >= 4 is 68.1 Å². The normalized spacial score (nSPS) is 18.2. The molecule has 1 saturated heterocycles. The van der Waals surface area contributed by atoms with Crippen molar-refractivity contribution in [3.63, 3.8) is 0 Å². The number of anilines is 6. The Balaban J connectivity index is 0.743. The van der Waals surface area contributed by atoms with Gasteiger partial charge in [0.25, 0.3) is 0 Å². The van der Waals surface area contributed by atoms with Crippen molar-refractivity contribution in [2.75, 3.05) is 14.7 Å². The van der Waals surface area contributed by atoms with Gasteiger partial charge in [-0.2, -0.15) is 0 Å². The molecular formula is C80H64N4. The van der Waals surface area contributed by atoms with E-state index in [1.54, 1.807) is 0 Å². The van der Waals surface area contributed by atoms with Crippen LogP contribution in [0.5, 0.6) is 0 Å². The lowest BCUT2D eigenvalue weighted by Gasteiger charge is -2.34. The van der Waals surface area contributed by atoms with Gasteiger partial charge in [0.2, 0.25) is 0 Å². The van der Waals surface area contributed by atoms with Crippen LogP contribution in [0.15, 0.2) is 284 Å². The van der Waals surface area contributed by atoms with Crippen molar-refractivity contribution in [3.05, 3.63) is 318 Å². The molecule has 2 heterocycles. The van der Waals surface area contributed by atoms with E-state index in [4.69, 9.17) is 0 Å². The number of hydrogen-bond donors (Lipinski definition) is 0. The van der Waals surface area contributed by atoms with E-state index in [1.165, 1.54) is 89.1 Å². The Labute approximate surface area is 493 Å². The summed E-state index contributed by atoms with van der Waals surface area (Å²) < 4.78 is 2.39. The summed E-state index contributed by atoms with van der Waals surface area (Å²) in [5, 5.41) is 2.46. The number of nitrogens with zero attached hydrogens (tertiary/aromatic N) is 4. The Kier molecular flexibility index (Phi) is 11.5. The molecule has 1 fully saturated rings. The molecule has 0 bridgehead atoms. The molecule has 3 unspecified atom stereocenters. The predicted molar refractivity (Wildman–Crippen MR) is 353 cm³/mol. The highest BCUT2D eigenvalue weighted by molar-refractivity contribution is 6.11. The first kappa shape index (κ1) is 49.9. The second kappa shape index (κ2) is 19.4. The van der Waals surface area contributed by atoms with Gasteiger partial charge in [0.05, 0.1) is 17.1 Å². The fraction of sp³-hybridized carbons (Fsp3) is 0.125. The van der Waals surface area contributed by atoms with Crippen LogP contribution in [0.4, 0.5) is 34.1 Å². The van der Waals surface area contributed by atoms with E-state index < -0.39 is 0 Å². The highest BCUT2D eigenvalue weighted by atomic mass is 15.2. The summed E-state index contributed by atoms with van der Waals surface area (Å²) in [6, 6.07) is 88.1. The topological polar surface area (TPSA) is 14.7 Å². The molecule has 0 N–H and O–H groups in total. The SMILES string of the molecule is CC1(C)c2ccccc2-c2ccc(N(C3=CC=C4C(C3)C3C=CC=CC3N4c3ccccc3)c3ccc(/C=C/c4ccc(N(c5ccc6c(c5)C(C)(C)c5ccccc5-6)c5ccc6c(c5)c5ccccc5n6-c5ccccc5)cc4)cc3)cc21. The van der Waals surface area contributed by atoms with E-state index in [0.29, 0.717) is 11.8 Å². The number of fused-ring (bicyclic) bond motifs is 12. The molecule has 4 nitrogen and oxygen atoms in total. The van der Waals surface area contributed by atoms with Gasteiger partial charge < -0.3 is 19.3 Å². The number of allylic oxidation sites excluding steroid dienone is 6. The number of aromatic nitrogens is 1. The Morgan fingerprint density at radius 1 is 0.405 bits per heavy atom. The molecule has 0 amide bonds. The van der Waals surface area contributed by atoms with E-state index in [9.17, 15) is 0 Å². The number of para-hydroxylation sites is 3. The summed E-state index contributed by atoms with van der Waals surface area (Å²) in [5.41, 5.74) is 26.0. The lowest BCUT2D eigenvalue weighted by molar-refractivity contribution is 0.480. The zero-order chi connectivity index (χ0) is 56.3. The van der Waals surface area contributed by atoms with Crippen molar-refractivity contribution in [2.45, 2.75) is 51.0 Å². The number of rotatable bonds is 10. The van der Waals surface area contributed by atoms with Crippen LogP contribution in [0.1, 0.15) is 67.5 Å². The first-order valence-corrected chi connectivity index (χ1v) is 29.8. The summed E-state index contributed by atoms with van der Waals surface area (Å²) in [6.45, 7) is 9.50. The van der Waals surface area contributed by atoms with Crippen molar-refractivity contribution in [1.29, 1.82) is 0 Å². The summed E-state index contributed by atoms with van der Waals surface area (Å²) in [7, 11) is 0. The van der Waals surface area contributed by atoms with E-state index in [1.807, 2.05) is 0 Å². The van der Waals surface area contributed by atoms with Crippen LogP contribution in [-0.4, -0.2) is 10.6 Å². The van der Waals surface area contributed by atoms with Gasteiger partial charge in [0, 0.05) is 84.6 Å². The summed E-state index contributed by atoms with van der Waals surface area (Å²) >= 11 is 0. The van der Waals surface area contributed by atoms with Crippen molar-refractivity contribution in [2.24, 2.45) is 11.8 Å². The highest BCUT2D eigenvalue weighted by Gasteiger charge is 2.46. The molecule has 3 atom stereocenters. The third-order valence-corrected chi connectivity index (χ3v) is 19.1. The van der Waals surface area contributed by atoms with Crippen LogP contribution < -0.4 is 14.7 Å². The van der Waals surface area contributed by atoms with Gasteiger partial charge in [-0.3, -0.25) is 0 Å². The minimum atomic E-state index is -0.137. The Morgan fingerprint density at radius 2 is 0.893 bits per heavy atom. The van der Waals surface area contributed by atoms with Crippen LogP contribution in [0.25, 0.3) is 61.9 Å². The van der Waals surface area contributed by atoms with Gasteiger partial charge in [-0.05, 0) is 171 Å². The van der Waals surface area contributed by atoms with Gasteiger partial charge >= 0.3 is 0 Å². The Bertz CT molecular complexity index is 4590. The zero-order valence-electron chi connectivity index (χ0n) is 47.9. The molecule has 16 rings (SSSR count). The molecule has 0 spiro atoms. The average molecular weight is 1080 g/mol.